The maximum Gasteiger partial charge on any atom is 0.0467 e. The van der Waals surface area contributed by atoms with E-state index in [4.69, 9.17) is 0 Å². The zero-order chi connectivity index (χ0) is 45.0. The molecule has 0 saturated carbocycles. The quantitative estimate of drug-likeness (QED) is 0.137. The monoisotopic (exact) mass is 881 g/mol. The Morgan fingerprint density at radius 3 is 1.51 bits per heavy atom. The van der Waals surface area contributed by atoms with Crippen molar-refractivity contribution < 1.29 is 0 Å². The molecule has 13 rings (SSSR count). The molecule has 0 aliphatic heterocycles. The van der Waals surface area contributed by atoms with Crippen LogP contribution in [0.1, 0.15) is 0 Å². The van der Waals surface area contributed by atoms with Crippen LogP contribution in [0.15, 0.2) is 261 Å². The van der Waals surface area contributed by atoms with Crippen LogP contribution in [0.5, 0.6) is 0 Å². The molecule has 13 aromatic rings. The molecule has 0 spiro atoms. The lowest BCUT2D eigenvalue weighted by Gasteiger charge is -2.26. The fraction of sp³-hybridized carbons (Fsp3) is 0. The minimum absolute atomic E-state index is 1.09. The Bertz CT molecular complexity index is 4000. The molecule has 0 N–H and O–H groups in total. The van der Waals surface area contributed by atoms with E-state index in [1.165, 1.54) is 108 Å². The predicted octanol–water partition coefficient (Wildman–Crippen LogP) is 19.3. The van der Waals surface area contributed by atoms with Crippen molar-refractivity contribution in [2.75, 3.05) is 4.90 Å². The van der Waals surface area contributed by atoms with Crippen molar-refractivity contribution in [3.63, 3.8) is 0 Å². The third-order valence-electron chi connectivity index (χ3n) is 13.6. The molecule has 68 heavy (non-hydrogen) atoms. The first-order valence-electron chi connectivity index (χ1n) is 23.3. The van der Waals surface area contributed by atoms with Gasteiger partial charge in [0.2, 0.25) is 0 Å². The maximum atomic E-state index is 2.41. The molecule has 2 heteroatoms. The SMILES string of the molecule is c1ccc(-c2c(-c3ccccc3)c3cc(-c4ccc(N(c5ccc(-c6cccc7c6sc6ccccc67)cc5)c5cccc(-c6ccc7ccccc7c6)c5)cc4)ccc3c3ccccc23)cc1. The summed E-state index contributed by atoms with van der Waals surface area (Å²) in [4.78, 5) is 2.39. The number of nitrogens with zero attached hydrogens (tertiary/aromatic N) is 1. The first-order chi connectivity index (χ1) is 33.7. The summed E-state index contributed by atoms with van der Waals surface area (Å²) in [6, 6.07) is 95.7. The minimum atomic E-state index is 1.09. The van der Waals surface area contributed by atoms with Gasteiger partial charge in [0.25, 0.3) is 0 Å². The van der Waals surface area contributed by atoms with Crippen molar-refractivity contribution in [1.82, 2.24) is 0 Å². The number of rotatable bonds is 8. The lowest BCUT2D eigenvalue weighted by atomic mass is 9.84. The average Bonchev–Trinajstić information content (AvgIpc) is 3.80. The summed E-state index contributed by atoms with van der Waals surface area (Å²) >= 11 is 1.88. The van der Waals surface area contributed by atoms with Gasteiger partial charge in [0.15, 0.2) is 0 Å². The molecule has 0 bridgehead atoms. The van der Waals surface area contributed by atoms with Crippen LogP contribution in [0.25, 0.3) is 108 Å². The van der Waals surface area contributed by atoms with Gasteiger partial charge in [0.05, 0.1) is 0 Å². The minimum Gasteiger partial charge on any atom is -0.310 e. The Labute approximate surface area is 400 Å². The molecule has 0 aliphatic rings. The van der Waals surface area contributed by atoms with E-state index >= 15 is 0 Å². The Balaban J connectivity index is 0.938. The van der Waals surface area contributed by atoms with E-state index in [1.54, 1.807) is 0 Å². The predicted molar refractivity (Wildman–Crippen MR) is 294 cm³/mol. The Morgan fingerprint density at radius 2 is 0.765 bits per heavy atom. The van der Waals surface area contributed by atoms with Gasteiger partial charge in [-0.2, -0.15) is 0 Å². The van der Waals surface area contributed by atoms with Crippen molar-refractivity contribution in [2.24, 2.45) is 0 Å². The third-order valence-corrected chi connectivity index (χ3v) is 14.9. The standard InChI is InChI=1S/C66H43NS/c1-3-16-47(17-4-1)64-60-25-10-9-23-57(60)58-40-35-52(43-62(58)65(64)48-18-5-2-6-19-48)45-31-36-53(37-32-45)67(55-22-13-21-50(42-55)51-30-29-44-15-7-8-20-49(44)41-51)54-38-33-46(34-39-54)56-26-14-27-61-59-24-11-12-28-63(59)68-66(56)61/h1-43H. The summed E-state index contributed by atoms with van der Waals surface area (Å²) in [6.45, 7) is 0. The van der Waals surface area contributed by atoms with E-state index < -0.39 is 0 Å². The summed E-state index contributed by atoms with van der Waals surface area (Å²) in [5.41, 5.74) is 15.4. The maximum absolute atomic E-state index is 2.41. The molecule has 0 fully saturated rings. The molecule has 1 heterocycles. The zero-order valence-corrected chi connectivity index (χ0v) is 38.0. The first kappa shape index (κ1) is 39.8. The highest BCUT2D eigenvalue weighted by Crippen LogP contribution is 2.47. The largest absolute Gasteiger partial charge is 0.310 e. The van der Waals surface area contributed by atoms with Crippen molar-refractivity contribution in [2.45, 2.75) is 0 Å². The van der Waals surface area contributed by atoms with Crippen LogP contribution in [0.4, 0.5) is 17.1 Å². The second-order valence-electron chi connectivity index (χ2n) is 17.6. The second kappa shape index (κ2) is 16.7. The van der Waals surface area contributed by atoms with Crippen molar-refractivity contribution >= 4 is 80.9 Å². The van der Waals surface area contributed by atoms with E-state index in [0.717, 1.165) is 17.1 Å². The van der Waals surface area contributed by atoms with Crippen molar-refractivity contribution in [3.05, 3.63) is 261 Å². The van der Waals surface area contributed by atoms with E-state index in [9.17, 15) is 0 Å². The van der Waals surface area contributed by atoms with E-state index in [-0.39, 0.29) is 0 Å². The molecule has 0 radical (unpaired) electrons. The molecular weight excluding hydrogens is 839 g/mol. The van der Waals surface area contributed by atoms with Gasteiger partial charge in [-0.3, -0.25) is 0 Å². The van der Waals surface area contributed by atoms with Gasteiger partial charge in [-0.05, 0) is 143 Å². The van der Waals surface area contributed by atoms with Gasteiger partial charge in [0.1, 0.15) is 0 Å². The molecule has 12 aromatic carbocycles. The van der Waals surface area contributed by atoms with Crippen LogP contribution in [0.2, 0.25) is 0 Å². The first-order valence-corrected chi connectivity index (χ1v) is 24.1. The Hall–Kier alpha value is -8.56. The molecular formula is C66H43NS. The summed E-state index contributed by atoms with van der Waals surface area (Å²) in [5.74, 6) is 0. The van der Waals surface area contributed by atoms with Crippen molar-refractivity contribution in [1.29, 1.82) is 0 Å². The van der Waals surface area contributed by atoms with E-state index in [2.05, 4.69) is 266 Å². The number of hydrogen-bond acceptors (Lipinski definition) is 2. The molecule has 0 saturated heterocycles. The summed E-state index contributed by atoms with van der Waals surface area (Å²) < 4.78 is 2.64. The van der Waals surface area contributed by atoms with Crippen LogP contribution in [-0.4, -0.2) is 0 Å². The number of fused-ring (bicyclic) bond motifs is 7. The van der Waals surface area contributed by atoms with Gasteiger partial charge >= 0.3 is 0 Å². The van der Waals surface area contributed by atoms with E-state index in [0.29, 0.717) is 0 Å². The number of thiophene rings is 1. The fourth-order valence-corrected chi connectivity index (χ4v) is 11.6. The van der Waals surface area contributed by atoms with Crippen LogP contribution < -0.4 is 4.90 Å². The second-order valence-corrected chi connectivity index (χ2v) is 18.7. The van der Waals surface area contributed by atoms with E-state index in [1.807, 2.05) is 11.3 Å². The molecule has 0 aliphatic carbocycles. The number of hydrogen-bond donors (Lipinski definition) is 0. The summed E-state index contributed by atoms with van der Waals surface area (Å²) in [5, 5.41) is 10.1. The highest BCUT2D eigenvalue weighted by Gasteiger charge is 2.20. The van der Waals surface area contributed by atoms with Gasteiger partial charge < -0.3 is 4.90 Å². The fourth-order valence-electron chi connectivity index (χ4n) is 10.4. The smallest absolute Gasteiger partial charge is 0.0467 e. The Morgan fingerprint density at radius 1 is 0.250 bits per heavy atom. The lowest BCUT2D eigenvalue weighted by Crippen LogP contribution is -2.10. The van der Waals surface area contributed by atoms with Gasteiger partial charge in [-0.1, -0.05) is 206 Å². The van der Waals surface area contributed by atoms with Gasteiger partial charge in [-0.15, -0.1) is 11.3 Å². The Kier molecular flexibility index (Phi) is 9.77. The van der Waals surface area contributed by atoms with Crippen molar-refractivity contribution in [3.8, 4) is 55.6 Å². The van der Waals surface area contributed by atoms with Crippen LogP contribution in [0, 0.1) is 0 Å². The lowest BCUT2D eigenvalue weighted by molar-refractivity contribution is 1.28. The molecule has 1 aromatic heterocycles. The molecule has 0 amide bonds. The highest BCUT2D eigenvalue weighted by atomic mass is 32.1. The zero-order valence-electron chi connectivity index (χ0n) is 37.2. The van der Waals surface area contributed by atoms with Crippen LogP contribution in [0.3, 0.4) is 0 Å². The van der Waals surface area contributed by atoms with Gasteiger partial charge in [-0.25, -0.2) is 0 Å². The third kappa shape index (κ3) is 6.93. The topological polar surface area (TPSA) is 3.24 Å². The summed E-state index contributed by atoms with van der Waals surface area (Å²) in [6.07, 6.45) is 0. The normalized spacial score (nSPS) is 11.5. The molecule has 0 unspecified atom stereocenters. The molecule has 318 valence electrons. The molecule has 0 atom stereocenters. The number of anilines is 3. The number of benzene rings is 12. The highest BCUT2D eigenvalue weighted by molar-refractivity contribution is 7.26. The summed E-state index contributed by atoms with van der Waals surface area (Å²) in [7, 11) is 0. The molecule has 1 nitrogen and oxygen atoms in total. The van der Waals surface area contributed by atoms with Crippen LogP contribution >= 0.6 is 11.3 Å². The average molecular weight is 882 g/mol. The van der Waals surface area contributed by atoms with Crippen LogP contribution in [-0.2, 0) is 0 Å². The van der Waals surface area contributed by atoms with Gasteiger partial charge in [0, 0.05) is 37.2 Å².